The number of sulfonamides is 1. The van der Waals surface area contributed by atoms with Crippen LogP contribution in [-0.4, -0.2) is 14.3 Å². The Bertz CT molecular complexity index is 1290. The van der Waals surface area contributed by atoms with Crippen molar-refractivity contribution in [3.05, 3.63) is 93.0 Å². The van der Waals surface area contributed by atoms with Crippen LogP contribution < -0.4 is 10.0 Å². The Morgan fingerprint density at radius 2 is 1.64 bits per heavy atom. The van der Waals surface area contributed by atoms with Crippen molar-refractivity contribution in [2.45, 2.75) is 52.0 Å². The number of carbonyl (C=O) groups is 1. The molecule has 33 heavy (non-hydrogen) atoms. The molecule has 5 nitrogen and oxygen atoms in total. The maximum Gasteiger partial charge on any atom is 0.263 e. The lowest BCUT2D eigenvalue weighted by Gasteiger charge is -2.13. The molecule has 0 atom stereocenters. The van der Waals surface area contributed by atoms with Crippen molar-refractivity contribution in [1.82, 2.24) is 5.32 Å². The Labute approximate surface area is 201 Å². The first-order chi connectivity index (χ1) is 15.6. The summed E-state index contributed by atoms with van der Waals surface area (Å²) in [5.74, 6) is -0.363. The van der Waals surface area contributed by atoms with Crippen LogP contribution in [0.2, 0.25) is 5.02 Å². The van der Waals surface area contributed by atoms with E-state index < -0.39 is 10.0 Å². The fourth-order valence-corrected chi connectivity index (χ4v) is 5.13. The van der Waals surface area contributed by atoms with Crippen LogP contribution in [0, 0.1) is 13.8 Å². The highest BCUT2D eigenvalue weighted by Crippen LogP contribution is 2.26. The lowest BCUT2D eigenvalue weighted by molar-refractivity contribution is 0.0950. The zero-order valence-electron chi connectivity index (χ0n) is 19.3. The number of halogens is 1. The number of anilines is 1. The van der Waals surface area contributed by atoms with E-state index in [9.17, 15) is 13.2 Å². The van der Waals surface area contributed by atoms with E-state index in [4.69, 9.17) is 11.6 Å². The number of hydrogen-bond acceptors (Lipinski definition) is 3. The summed E-state index contributed by atoms with van der Waals surface area (Å²) >= 11 is 6.20. The largest absolute Gasteiger partial charge is 0.348 e. The molecule has 0 aliphatic carbocycles. The molecule has 2 N–H and O–H groups in total. The molecule has 3 aromatic carbocycles. The molecular formula is C26H29ClN2O3S. The van der Waals surface area contributed by atoms with Gasteiger partial charge in [0.15, 0.2) is 0 Å². The molecule has 7 heteroatoms. The average Bonchev–Trinajstić information content (AvgIpc) is 2.79. The van der Waals surface area contributed by atoms with Gasteiger partial charge < -0.3 is 5.32 Å². The van der Waals surface area contributed by atoms with Crippen molar-refractivity contribution >= 4 is 33.2 Å². The second kappa shape index (κ2) is 10.4. The summed E-state index contributed by atoms with van der Waals surface area (Å²) in [5.41, 5.74) is 6.12. The van der Waals surface area contributed by atoms with Gasteiger partial charge in [-0.3, -0.25) is 9.52 Å². The fraction of sp³-hybridized carbons (Fsp3) is 0.269. The predicted octanol–water partition coefficient (Wildman–Crippen LogP) is 5.81. The third-order valence-corrected chi connectivity index (χ3v) is 7.60. The lowest BCUT2D eigenvalue weighted by atomic mass is 10.0. The second-order valence-corrected chi connectivity index (χ2v) is 10.1. The van der Waals surface area contributed by atoms with E-state index in [1.165, 1.54) is 29.3 Å². The molecule has 0 saturated carbocycles. The number of hydrogen-bond donors (Lipinski definition) is 2. The van der Waals surface area contributed by atoms with Crippen molar-refractivity contribution in [3.8, 4) is 0 Å². The molecule has 174 valence electrons. The van der Waals surface area contributed by atoms with E-state index in [1.807, 2.05) is 19.9 Å². The molecular weight excluding hydrogens is 456 g/mol. The van der Waals surface area contributed by atoms with Gasteiger partial charge in [0, 0.05) is 17.8 Å². The highest BCUT2D eigenvalue weighted by atomic mass is 35.5. The first-order valence-electron chi connectivity index (χ1n) is 10.9. The number of carbonyl (C=O) groups excluding carboxylic acids is 1. The number of aryl methyl sites for hydroxylation is 4. The molecule has 0 saturated heterocycles. The minimum absolute atomic E-state index is 0.0480. The van der Waals surface area contributed by atoms with Gasteiger partial charge in [-0.2, -0.15) is 0 Å². The highest BCUT2D eigenvalue weighted by Gasteiger charge is 2.21. The molecule has 0 aliphatic heterocycles. The summed E-state index contributed by atoms with van der Waals surface area (Å²) in [4.78, 5) is 12.7. The van der Waals surface area contributed by atoms with Crippen LogP contribution in [0.15, 0.2) is 59.5 Å². The number of nitrogens with one attached hydrogen (secondary N) is 2. The molecule has 0 radical (unpaired) electrons. The Morgan fingerprint density at radius 1 is 0.879 bits per heavy atom. The van der Waals surface area contributed by atoms with Crippen LogP contribution in [0.4, 0.5) is 5.69 Å². The molecule has 0 aromatic heterocycles. The van der Waals surface area contributed by atoms with Crippen molar-refractivity contribution in [3.63, 3.8) is 0 Å². The minimum atomic E-state index is -3.98. The first kappa shape index (κ1) is 24.8. The quantitative estimate of drug-likeness (QED) is 0.423. The maximum absolute atomic E-state index is 13.0. The maximum atomic E-state index is 13.0. The monoisotopic (exact) mass is 484 g/mol. The van der Waals surface area contributed by atoms with Crippen LogP contribution in [0.3, 0.4) is 0 Å². The molecule has 0 heterocycles. The van der Waals surface area contributed by atoms with E-state index in [1.54, 1.807) is 12.1 Å². The van der Waals surface area contributed by atoms with Crippen molar-refractivity contribution in [2.75, 3.05) is 4.72 Å². The van der Waals surface area contributed by atoms with Crippen LogP contribution >= 0.6 is 11.6 Å². The summed E-state index contributed by atoms with van der Waals surface area (Å²) in [6.45, 7) is 8.39. The van der Waals surface area contributed by atoms with Gasteiger partial charge in [-0.05, 0) is 84.8 Å². The Kier molecular flexibility index (Phi) is 7.82. The van der Waals surface area contributed by atoms with Crippen molar-refractivity contribution in [1.29, 1.82) is 0 Å². The van der Waals surface area contributed by atoms with Gasteiger partial charge in [-0.25, -0.2) is 8.42 Å². The summed E-state index contributed by atoms with van der Waals surface area (Å²) < 4.78 is 28.6. The van der Waals surface area contributed by atoms with E-state index in [0.717, 1.165) is 29.5 Å². The standard InChI is InChI=1S/C26H29ClN2O3S/c1-5-19-8-9-20(6-2)22(14-19)16-28-26(30)21-10-12-24(27)25(15-21)33(31,32)29-23-11-7-17(3)18(4)13-23/h7-15,29H,5-6,16H2,1-4H3,(H,28,30). The SMILES string of the molecule is CCc1ccc(CC)c(CNC(=O)c2ccc(Cl)c(S(=O)(=O)Nc3ccc(C)c(C)c3)c2)c1. The van der Waals surface area contributed by atoms with Gasteiger partial charge in [0.1, 0.15) is 4.90 Å². The third-order valence-electron chi connectivity index (χ3n) is 5.74. The molecule has 0 unspecified atom stereocenters. The third kappa shape index (κ3) is 5.95. The number of benzene rings is 3. The summed E-state index contributed by atoms with van der Waals surface area (Å²) in [7, 11) is -3.98. The topological polar surface area (TPSA) is 75.3 Å². The van der Waals surface area contributed by atoms with Gasteiger partial charge in [0.25, 0.3) is 15.9 Å². The van der Waals surface area contributed by atoms with E-state index in [0.29, 0.717) is 12.2 Å². The molecule has 0 aliphatic rings. The highest BCUT2D eigenvalue weighted by molar-refractivity contribution is 7.92. The zero-order chi connectivity index (χ0) is 24.2. The molecule has 1 amide bonds. The number of rotatable bonds is 8. The summed E-state index contributed by atoms with van der Waals surface area (Å²) in [6, 6.07) is 15.9. The Balaban J connectivity index is 1.82. The predicted molar refractivity (Wildman–Crippen MR) is 135 cm³/mol. The van der Waals surface area contributed by atoms with Crippen LogP contribution in [-0.2, 0) is 29.4 Å². The van der Waals surface area contributed by atoms with Crippen molar-refractivity contribution < 1.29 is 13.2 Å². The average molecular weight is 485 g/mol. The van der Waals surface area contributed by atoms with Gasteiger partial charge >= 0.3 is 0 Å². The minimum Gasteiger partial charge on any atom is -0.348 e. The van der Waals surface area contributed by atoms with E-state index in [2.05, 4.69) is 42.1 Å². The zero-order valence-corrected chi connectivity index (χ0v) is 20.9. The van der Waals surface area contributed by atoms with E-state index in [-0.39, 0.29) is 21.4 Å². The van der Waals surface area contributed by atoms with Gasteiger partial charge in [0.05, 0.1) is 5.02 Å². The first-order valence-corrected chi connectivity index (χ1v) is 12.8. The van der Waals surface area contributed by atoms with Crippen LogP contribution in [0.25, 0.3) is 0 Å². The second-order valence-electron chi connectivity index (χ2n) is 8.04. The lowest BCUT2D eigenvalue weighted by Crippen LogP contribution is -2.24. The molecule has 3 aromatic rings. The Hall–Kier alpha value is -2.83. The molecule has 0 fully saturated rings. The van der Waals surface area contributed by atoms with Gasteiger partial charge in [0.2, 0.25) is 0 Å². The molecule has 0 bridgehead atoms. The molecule has 3 rings (SSSR count). The fourth-order valence-electron chi connectivity index (χ4n) is 3.55. The Morgan fingerprint density at radius 3 is 2.30 bits per heavy atom. The normalized spacial score (nSPS) is 11.3. The number of amides is 1. The molecule has 0 spiro atoms. The summed E-state index contributed by atoms with van der Waals surface area (Å²) in [6.07, 6.45) is 1.78. The van der Waals surface area contributed by atoms with Gasteiger partial charge in [-0.1, -0.05) is 49.7 Å². The van der Waals surface area contributed by atoms with Gasteiger partial charge in [-0.15, -0.1) is 0 Å². The van der Waals surface area contributed by atoms with Crippen LogP contribution in [0.5, 0.6) is 0 Å². The van der Waals surface area contributed by atoms with Crippen LogP contribution in [0.1, 0.15) is 52.0 Å². The van der Waals surface area contributed by atoms with E-state index >= 15 is 0 Å². The summed E-state index contributed by atoms with van der Waals surface area (Å²) in [5, 5.41) is 2.95. The van der Waals surface area contributed by atoms with Crippen molar-refractivity contribution in [2.24, 2.45) is 0 Å². The smallest absolute Gasteiger partial charge is 0.263 e.